The molecule has 1 aliphatic carbocycles. The van der Waals surface area contributed by atoms with Crippen molar-refractivity contribution < 1.29 is 0 Å². The van der Waals surface area contributed by atoms with Crippen LogP contribution < -0.4 is 10.6 Å². The Kier molecular flexibility index (Phi) is 2.83. The predicted molar refractivity (Wildman–Crippen MR) is 81.2 cm³/mol. The molecule has 20 heavy (non-hydrogen) atoms. The predicted octanol–water partition coefficient (Wildman–Crippen LogP) is 2.52. The number of benzene rings is 1. The zero-order chi connectivity index (χ0) is 13.4. The van der Waals surface area contributed by atoms with Crippen molar-refractivity contribution in [2.45, 2.75) is 31.7 Å². The second-order valence-corrected chi connectivity index (χ2v) is 5.58. The van der Waals surface area contributed by atoms with E-state index in [0.717, 1.165) is 30.3 Å². The lowest BCUT2D eigenvalue weighted by atomic mass is 10.2. The number of nitrogens with zero attached hydrogens (tertiary/aromatic N) is 3. The van der Waals surface area contributed by atoms with Gasteiger partial charge in [-0.1, -0.05) is 12.8 Å². The first-order valence-electron chi connectivity index (χ1n) is 7.42. The highest BCUT2D eigenvalue weighted by Crippen LogP contribution is 2.32. The molecule has 104 valence electrons. The summed E-state index contributed by atoms with van der Waals surface area (Å²) >= 11 is 0. The maximum Gasteiger partial charge on any atom is 0.195 e. The fourth-order valence-corrected chi connectivity index (χ4v) is 3.20. The van der Waals surface area contributed by atoms with E-state index >= 15 is 0 Å². The average Bonchev–Trinajstić information content (AvgIpc) is 3.19. The van der Waals surface area contributed by atoms with Crippen LogP contribution in [0.25, 0.3) is 11.0 Å². The standard InChI is InChI=1S/C15H19N5/c1-2-4-12(3-1)20-10-18-13-6-5-11(9-14(13)20)19-15-16-7-8-17-15/h5-6,9-10,12H,1-4,7-8H2,(H2,16,17,19). The summed E-state index contributed by atoms with van der Waals surface area (Å²) in [5.74, 6) is 0.872. The summed E-state index contributed by atoms with van der Waals surface area (Å²) in [5, 5.41) is 6.57. The van der Waals surface area contributed by atoms with E-state index in [1.54, 1.807) is 0 Å². The Morgan fingerprint density at radius 1 is 1.25 bits per heavy atom. The largest absolute Gasteiger partial charge is 0.354 e. The minimum absolute atomic E-state index is 0.622. The third-order valence-electron chi connectivity index (χ3n) is 4.23. The van der Waals surface area contributed by atoms with Crippen LogP contribution in [0.4, 0.5) is 5.69 Å². The Labute approximate surface area is 118 Å². The molecular weight excluding hydrogens is 250 g/mol. The number of imidazole rings is 1. The van der Waals surface area contributed by atoms with E-state index in [1.165, 1.54) is 31.2 Å². The lowest BCUT2D eigenvalue weighted by Gasteiger charge is -2.13. The number of hydrogen-bond donors (Lipinski definition) is 2. The molecule has 0 bridgehead atoms. The lowest BCUT2D eigenvalue weighted by molar-refractivity contribution is 0.532. The maximum absolute atomic E-state index is 4.53. The molecular formula is C15H19N5. The lowest BCUT2D eigenvalue weighted by Crippen LogP contribution is -2.26. The smallest absolute Gasteiger partial charge is 0.195 e. The number of aromatic nitrogens is 2. The van der Waals surface area contributed by atoms with Crippen molar-refractivity contribution in [3.8, 4) is 0 Å². The zero-order valence-electron chi connectivity index (χ0n) is 11.5. The molecule has 0 amide bonds. The van der Waals surface area contributed by atoms with Gasteiger partial charge >= 0.3 is 0 Å². The van der Waals surface area contributed by atoms with Gasteiger partial charge in [-0.15, -0.1) is 0 Å². The Balaban J connectivity index is 1.67. The number of hydrogen-bond acceptors (Lipinski definition) is 4. The maximum atomic E-state index is 4.53. The van der Waals surface area contributed by atoms with Gasteiger partial charge in [-0.3, -0.25) is 4.99 Å². The van der Waals surface area contributed by atoms with Gasteiger partial charge in [0.2, 0.25) is 0 Å². The van der Waals surface area contributed by atoms with Gasteiger partial charge in [0.15, 0.2) is 5.96 Å². The number of anilines is 1. The first-order chi connectivity index (χ1) is 9.90. The SMILES string of the molecule is c1cc2ncn(C3CCCC3)c2cc1NC1=NCCN1. The molecule has 1 fully saturated rings. The van der Waals surface area contributed by atoms with Crippen molar-refractivity contribution in [1.82, 2.24) is 14.9 Å². The van der Waals surface area contributed by atoms with E-state index in [9.17, 15) is 0 Å². The second kappa shape index (κ2) is 4.81. The van der Waals surface area contributed by atoms with Crippen molar-refractivity contribution in [3.05, 3.63) is 24.5 Å². The van der Waals surface area contributed by atoms with E-state index < -0.39 is 0 Å². The van der Waals surface area contributed by atoms with E-state index in [-0.39, 0.29) is 0 Å². The van der Waals surface area contributed by atoms with Crippen LogP contribution in [0.5, 0.6) is 0 Å². The monoisotopic (exact) mass is 269 g/mol. The number of fused-ring (bicyclic) bond motifs is 1. The van der Waals surface area contributed by atoms with Gasteiger partial charge < -0.3 is 15.2 Å². The van der Waals surface area contributed by atoms with Crippen LogP contribution in [-0.2, 0) is 0 Å². The molecule has 1 aliphatic heterocycles. The van der Waals surface area contributed by atoms with Crippen molar-refractivity contribution in [2.24, 2.45) is 4.99 Å². The molecule has 1 saturated carbocycles. The fourth-order valence-electron chi connectivity index (χ4n) is 3.20. The molecule has 2 aliphatic rings. The van der Waals surface area contributed by atoms with Crippen LogP contribution in [0, 0.1) is 0 Å². The van der Waals surface area contributed by atoms with Crippen molar-refractivity contribution in [1.29, 1.82) is 0 Å². The highest BCUT2D eigenvalue weighted by atomic mass is 15.2. The molecule has 5 heteroatoms. The van der Waals surface area contributed by atoms with Crippen LogP contribution in [0.3, 0.4) is 0 Å². The van der Waals surface area contributed by atoms with E-state index in [4.69, 9.17) is 0 Å². The van der Waals surface area contributed by atoms with Crippen LogP contribution in [-0.4, -0.2) is 28.6 Å². The third kappa shape index (κ3) is 2.03. The minimum atomic E-state index is 0.622. The Morgan fingerprint density at radius 2 is 2.15 bits per heavy atom. The normalized spacial score (nSPS) is 19.3. The first kappa shape index (κ1) is 11.8. The fraction of sp³-hybridized carbons (Fsp3) is 0.467. The summed E-state index contributed by atoms with van der Waals surface area (Å²) in [6, 6.07) is 6.95. The van der Waals surface area contributed by atoms with Crippen molar-refractivity contribution >= 4 is 22.7 Å². The average molecular weight is 269 g/mol. The van der Waals surface area contributed by atoms with Crippen LogP contribution in [0.15, 0.2) is 29.5 Å². The van der Waals surface area contributed by atoms with Gasteiger partial charge in [0, 0.05) is 18.3 Å². The highest BCUT2D eigenvalue weighted by molar-refractivity contribution is 5.96. The Bertz CT molecular complexity index is 651. The van der Waals surface area contributed by atoms with Gasteiger partial charge in [-0.2, -0.15) is 0 Å². The summed E-state index contributed by atoms with van der Waals surface area (Å²) in [4.78, 5) is 8.90. The molecule has 0 radical (unpaired) electrons. The Hall–Kier alpha value is -2.04. The van der Waals surface area contributed by atoms with Gasteiger partial charge in [-0.05, 0) is 31.0 Å². The summed E-state index contributed by atoms with van der Waals surface area (Å²) in [5.41, 5.74) is 3.37. The molecule has 2 heterocycles. The summed E-state index contributed by atoms with van der Waals surface area (Å²) < 4.78 is 2.34. The zero-order valence-corrected chi connectivity index (χ0v) is 11.5. The molecule has 1 aromatic carbocycles. The molecule has 5 nitrogen and oxygen atoms in total. The van der Waals surface area contributed by atoms with Gasteiger partial charge in [0.25, 0.3) is 0 Å². The van der Waals surface area contributed by atoms with E-state index in [1.807, 2.05) is 6.33 Å². The van der Waals surface area contributed by atoms with Crippen molar-refractivity contribution in [2.75, 3.05) is 18.4 Å². The molecule has 0 spiro atoms. The summed E-state index contributed by atoms with van der Waals surface area (Å²) in [6.45, 7) is 1.77. The van der Waals surface area contributed by atoms with Crippen LogP contribution in [0.1, 0.15) is 31.7 Å². The van der Waals surface area contributed by atoms with Crippen LogP contribution in [0.2, 0.25) is 0 Å². The minimum Gasteiger partial charge on any atom is -0.354 e. The second-order valence-electron chi connectivity index (χ2n) is 5.58. The number of rotatable bonds is 2. The summed E-state index contributed by atoms with van der Waals surface area (Å²) in [7, 11) is 0. The number of nitrogens with one attached hydrogen (secondary N) is 2. The van der Waals surface area contributed by atoms with Gasteiger partial charge in [-0.25, -0.2) is 4.98 Å². The Morgan fingerprint density at radius 3 is 2.95 bits per heavy atom. The van der Waals surface area contributed by atoms with E-state index in [0.29, 0.717) is 6.04 Å². The molecule has 2 aromatic rings. The topological polar surface area (TPSA) is 54.2 Å². The number of guanidine groups is 1. The quantitative estimate of drug-likeness (QED) is 0.881. The summed E-state index contributed by atoms with van der Waals surface area (Å²) in [6.07, 6.45) is 7.22. The van der Waals surface area contributed by atoms with Gasteiger partial charge in [0.1, 0.15) is 0 Å². The molecule has 2 N–H and O–H groups in total. The van der Waals surface area contributed by atoms with Crippen LogP contribution >= 0.6 is 0 Å². The van der Waals surface area contributed by atoms with E-state index in [2.05, 4.69) is 43.4 Å². The third-order valence-corrected chi connectivity index (χ3v) is 4.23. The molecule has 4 rings (SSSR count). The molecule has 0 unspecified atom stereocenters. The first-order valence-corrected chi connectivity index (χ1v) is 7.42. The van der Waals surface area contributed by atoms with Gasteiger partial charge in [0.05, 0.1) is 23.9 Å². The molecule has 1 aromatic heterocycles. The highest BCUT2D eigenvalue weighted by Gasteiger charge is 2.18. The number of aliphatic imine (C=N–C) groups is 1. The molecule has 0 atom stereocenters. The molecule has 0 saturated heterocycles. The van der Waals surface area contributed by atoms with Crippen molar-refractivity contribution in [3.63, 3.8) is 0 Å².